The topological polar surface area (TPSA) is 32.3 Å². The lowest BCUT2D eigenvalue weighted by Gasteiger charge is -2.06. The maximum Gasteiger partial charge on any atom is 0.0431 e. The van der Waals surface area contributed by atoms with Crippen LogP contribution in [0.1, 0.15) is 155 Å². The molecule has 176 valence electrons. The molecule has 0 aromatic carbocycles. The van der Waals surface area contributed by atoms with Crippen molar-refractivity contribution < 1.29 is 5.11 Å². The van der Waals surface area contributed by atoms with Gasteiger partial charge in [0.05, 0.1) is 0 Å². The molecule has 2 N–H and O–H groups in total. The molecule has 0 amide bonds. The monoisotopic (exact) mass is 411 g/mol. The Morgan fingerprint density at radius 3 is 0.966 bits per heavy atom. The Balaban J connectivity index is 2.97. The summed E-state index contributed by atoms with van der Waals surface area (Å²) in [5.41, 5.74) is 0. The first-order valence-corrected chi connectivity index (χ1v) is 13.7. The minimum absolute atomic E-state index is 0.370. The van der Waals surface area contributed by atoms with E-state index in [0.29, 0.717) is 6.61 Å². The predicted octanol–water partition coefficient (Wildman–Crippen LogP) is 8.56. The zero-order valence-electron chi connectivity index (χ0n) is 20.3. The number of nitrogens with one attached hydrogen (secondary N) is 1. The molecule has 2 nitrogen and oxygen atoms in total. The summed E-state index contributed by atoms with van der Waals surface area (Å²) in [6.07, 6.45) is 32.0. The first kappa shape index (κ1) is 28.9. The molecule has 0 rings (SSSR count). The highest BCUT2D eigenvalue weighted by Gasteiger charge is 1.95. The Bertz CT molecular complexity index is 243. The summed E-state index contributed by atoms with van der Waals surface area (Å²) in [5.74, 6) is 0. The Morgan fingerprint density at radius 1 is 0.379 bits per heavy atom. The van der Waals surface area contributed by atoms with Gasteiger partial charge in [0.2, 0.25) is 0 Å². The molecule has 0 radical (unpaired) electrons. The van der Waals surface area contributed by atoms with E-state index in [9.17, 15) is 0 Å². The number of hydrogen-bond donors (Lipinski definition) is 2. The van der Waals surface area contributed by atoms with Gasteiger partial charge in [0.15, 0.2) is 0 Å². The van der Waals surface area contributed by atoms with Crippen molar-refractivity contribution in [1.82, 2.24) is 5.32 Å². The van der Waals surface area contributed by atoms with Crippen LogP contribution in [-0.4, -0.2) is 24.8 Å². The Kier molecular flexibility index (Phi) is 27.8. The molecule has 0 fully saturated rings. The largest absolute Gasteiger partial charge is 0.396 e. The number of aliphatic hydroxyl groups excluding tert-OH is 1. The number of unbranched alkanes of at least 4 members (excludes halogenated alkanes) is 21. The summed E-state index contributed by atoms with van der Waals surface area (Å²) in [7, 11) is 0. The van der Waals surface area contributed by atoms with Crippen LogP contribution in [0.25, 0.3) is 0 Å². The van der Waals surface area contributed by atoms with Gasteiger partial charge in [-0.2, -0.15) is 0 Å². The van der Waals surface area contributed by atoms with Crippen LogP contribution >= 0.6 is 0 Å². The minimum atomic E-state index is 0.370. The molecule has 0 aliphatic heterocycles. The minimum Gasteiger partial charge on any atom is -0.396 e. The van der Waals surface area contributed by atoms with Crippen molar-refractivity contribution >= 4 is 0 Å². The molecule has 0 spiro atoms. The third kappa shape index (κ3) is 27.9. The first-order chi connectivity index (χ1) is 14.4. The third-order valence-corrected chi connectivity index (χ3v) is 6.22. The van der Waals surface area contributed by atoms with E-state index in [4.69, 9.17) is 5.11 Å². The van der Waals surface area contributed by atoms with Gasteiger partial charge < -0.3 is 10.4 Å². The molecule has 0 bridgehead atoms. The van der Waals surface area contributed by atoms with Crippen molar-refractivity contribution in [2.75, 3.05) is 19.7 Å². The SMILES string of the molecule is CCCCCCCCCCCCNCCCCCCCCCCCCCCCO. The van der Waals surface area contributed by atoms with Gasteiger partial charge in [-0.25, -0.2) is 0 Å². The molecule has 0 aliphatic carbocycles. The smallest absolute Gasteiger partial charge is 0.0431 e. The highest BCUT2D eigenvalue weighted by molar-refractivity contribution is 4.53. The van der Waals surface area contributed by atoms with Crippen LogP contribution < -0.4 is 5.32 Å². The molecule has 0 aromatic heterocycles. The van der Waals surface area contributed by atoms with Crippen molar-refractivity contribution in [1.29, 1.82) is 0 Å². The van der Waals surface area contributed by atoms with E-state index in [1.165, 1.54) is 154 Å². The average molecular weight is 412 g/mol. The quantitative estimate of drug-likeness (QED) is 0.140. The van der Waals surface area contributed by atoms with Gasteiger partial charge in [-0.05, 0) is 32.4 Å². The van der Waals surface area contributed by atoms with Crippen molar-refractivity contribution in [3.63, 3.8) is 0 Å². The fraction of sp³-hybridized carbons (Fsp3) is 1.00. The summed E-state index contributed by atoms with van der Waals surface area (Å²) in [5, 5.41) is 12.4. The van der Waals surface area contributed by atoms with Crippen LogP contribution in [0.5, 0.6) is 0 Å². The third-order valence-electron chi connectivity index (χ3n) is 6.22. The Labute approximate surface area is 185 Å². The van der Waals surface area contributed by atoms with E-state index in [-0.39, 0.29) is 0 Å². The molecular formula is C27H57NO. The van der Waals surface area contributed by atoms with Crippen molar-refractivity contribution in [2.45, 2.75) is 155 Å². The fourth-order valence-corrected chi connectivity index (χ4v) is 4.17. The summed E-state index contributed by atoms with van der Waals surface area (Å²) in [4.78, 5) is 0. The Hall–Kier alpha value is -0.0800. The molecular weight excluding hydrogens is 354 g/mol. The van der Waals surface area contributed by atoms with Gasteiger partial charge in [-0.1, -0.05) is 135 Å². The molecule has 2 heteroatoms. The molecule has 0 unspecified atom stereocenters. The van der Waals surface area contributed by atoms with Gasteiger partial charge in [0.1, 0.15) is 0 Å². The van der Waals surface area contributed by atoms with Gasteiger partial charge >= 0.3 is 0 Å². The van der Waals surface area contributed by atoms with Crippen molar-refractivity contribution in [3.05, 3.63) is 0 Å². The zero-order valence-corrected chi connectivity index (χ0v) is 20.3. The summed E-state index contributed by atoms with van der Waals surface area (Å²) in [6, 6.07) is 0. The standard InChI is InChI=1S/C27H57NO/c1-2-3-4-5-6-7-13-16-19-22-25-28-26-23-20-17-14-11-9-8-10-12-15-18-21-24-27-29/h28-29H,2-27H2,1H3. The van der Waals surface area contributed by atoms with Gasteiger partial charge in [-0.3, -0.25) is 0 Å². The molecule has 0 heterocycles. The second kappa shape index (κ2) is 27.9. The lowest BCUT2D eigenvalue weighted by molar-refractivity contribution is 0.282. The van der Waals surface area contributed by atoms with Crippen LogP contribution in [-0.2, 0) is 0 Å². The van der Waals surface area contributed by atoms with Crippen molar-refractivity contribution in [3.8, 4) is 0 Å². The maximum atomic E-state index is 8.75. The van der Waals surface area contributed by atoms with E-state index in [1.807, 2.05) is 0 Å². The molecule has 0 atom stereocenters. The average Bonchev–Trinajstić information content (AvgIpc) is 2.74. The summed E-state index contributed by atoms with van der Waals surface area (Å²) in [6.45, 7) is 5.13. The molecule has 29 heavy (non-hydrogen) atoms. The normalized spacial score (nSPS) is 11.4. The van der Waals surface area contributed by atoms with E-state index in [0.717, 1.165) is 6.42 Å². The van der Waals surface area contributed by atoms with Gasteiger partial charge in [0, 0.05) is 6.61 Å². The summed E-state index contributed by atoms with van der Waals surface area (Å²) >= 11 is 0. The lowest BCUT2D eigenvalue weighted by Crippen LogP contribution is -2.16. The van der Waals surface area contributed by atoms with Crippen LogP contribution in [0.4, 0.5) is 0 Å². The predicted molar refractivity (Wildman–Crippen MR) is 132 cm³/mol. The zero-order chi connectivity index (χ0) is 21.1. The van der Waals surface area contributed by atoms with Gasteiger partial charge in [0.25, 0.3) is 0 Å². The maximum absolute atomic E-state index is 8.75. The van der Waals surface area contributed by atoms with Gasteiger partial charge in [-0.15, -0.1) is 0 Å². The molecule has 0 saturated carbocycles. The first-order valence-electron chi connectivity index (χ1n) is 13.7. The fourth-order valence-electron chi connectivity index (χ4n) is 4.17. The van der Waals surface area contributed by atoms with Crippen LogP contribution in [0, 0.1) is 0 Å². The van der Waals surface area contributed by atoms with Crippen LogP contribution in [0.3, 0.4) is 0 Å². The van der Waals surface area contributed by atoms with E-state index in [1.54, 1.807) is 0 Å². The van der Waals surface area contributed by atoms with E-state index >= 15 is 0 Å². The van der Waals surface area contributed by atoms with E-state index in [2.05, 4.69) is 12.2 Å². The number of aliphatic hydroxyl groups is 1. The van der Waals surface area contributed by atoms with Crippen LogP contribution in [0.15, 0.2) is 0 Å². The van der Waals surface area contributed by atoms with Crippen LogP contribution in [0.2, 0.25) is 0 Å². The highest BCUT2D eigenvalue weighted by atomic mass is 16.2. The second-order valence-corrected chi connectivity index (χ2v) is 9.25. The number of rotatable bonds is 26. The Morgan fingerprint density at radius 2 is 0.655 bits per heavy atom. The second-order valence-electron chi connectivity index (χ2n) is 9.25. The molecule has 0 aromatic rings. The summed E-state index contributed by atoms with van der Waals surface area (Å²) < 4.78 is 0. The van der Waals surface area contributed by atoms with E-state index < -0.39 is 0 Å². The van der Waals surface area contributed by atoms with Crippen molar-refractivity contribution in [2.24, 2.45) is 0 Å². The molecule has 0 saturated heterocycles. The lowest BCUT2D eigenvalue weighted by atomic mass is 10.0. The number of hydrogen-bond acceptors (Lipinski definition) is 2. The molecule has 0 aliphatic rings. The highest BCUT2D eigenvalue weighted by Crippen LogP contribution is 2.12.